The number of ether oxygens (including phenoxy) is 1. The lowest BCUT2D eigenvalue weighted by atomic mass is 10.2. The van der Waals surface area contributed by atoms with Crippen LogP contribution in [-0.2, 0) is 13.2 Å². The van der Waals surface area contributed by atoms with E-state index >= 15 is 0 Å². The van der Waals surface area contributed by atoms with Crippen molar-refractivity contribution < 1.29 is 9.13 Å². The molecular weight excluding hydrogens is 343 g/mol. The summed E-state index contributed by atoms with van der Waals surface area (Å²) >= 11 is 0. The molecule has 0 bridgehead atoms. The lowest BCUT2D eigenvalue weighted by Crippen LogP contribution is -2.02. The summed E-state index contributed by atoms with van der Waals surface area (Å²) in [5, 5.41) is 3.27. The second-order valence-corrected chi connectivity index (χ2v) is 5.97. The number of hydrogen-bond donors (Lipinski definition) is 1. The van der Waals surface area contributed by atoms with E-state index in [2.05, 4.69) is 20.3 Å². The highest BCUT2D eigenvalue weighted by Gasteiger charge is 2.03. The molecule has 2 aromatic carbocycles. The van der Waals surface area contributed by atoms with Crippen LogP contribution < -0.4 is 10.1 Å². The van der Waals surface area contributed by atoms with Crippen LogP contribution >= 0.6 is 0 Å². The monoisotopic (exact) mass is 360 g/mol. The number of aromatic nitrogens is 3. The quantitative estimate of drug-likeness (QED) is 0.554. The van der Waals surface area contributed by atoms with E-state index in [-0.39, 0.29) is 12.4 Å². The molecule has 2 heterocycles. The molecule has 0 unspecified atom stereocenters. The van der Waals surface area contributed by atoms with Crippen LogP contribution in [0.2, 0.25) is 0 Å². The first kappa shape index (κ1) is 16.9. The van der Waals surface area contributed by atoms with Gasteiger partial charge >= 0.3 is 0 Å². The standard InChI is InChI=1S/C21H17FN4O/c22-18-4-2-1-3-16(18)14-27-17-7-5-15(6-8-17)13-25-20-10-9-19-21(26-20)24-12-11-23-19/h1-12H,13-14H2,(H,24,25,26). The predicted molar refractivity (Wildman–Crippen MR) is 102 cm³/mol. The van der Waals surface area contributed by atoms with E-state index < -0.39 is 0 Å². The number of fused-ring (bicyclic) bond motifs is 1. The van der Waals surface area contributed by atoms with Crippen LogP contribution in [-0.4, -0.2) is 15.0 Å². The Balaban J connectivity index is 1.35. The molecule has 0 spiro atoms. The molecule has 27 heavy (non-hydrogen) atoms. The first-order valence-electron chi connectivity index (χ1n) is 8.55. The molecule has 0 atom stereocenters. The van der Waals surface area contributed by atoms with Gasteiger partial charge in [-0.15, -0.1) is 0 Å². The minimum atomic E-state index is -0.258. The topological polar surface area (TPSA) is 59.9 Å². The molecule has 0 aliphatic rings. The SMILES string of the molecule is Fc1ccccc1COc1ccc(CNc2ccc3nccnc3n2)cc1. The van der Waals surface area contributed by atoms with E-state index in [0.29, 0.717) is 23.5 Å². The molecule has 134 valence electrons. The summed E-state index contributed by atoms with van der Waals surface area (Å²) in [6.45, 7) is 0.818. The van der Waals surface area contributed by atoms with Crippen molar-refractivity contribution in [2.45, 2.75) is 13.2 Å². The minimum absolute atomic E-state index is 0.201. The zero-order valence-electron chi connectivity index (χ0n) is 14.5. The number of anilines is 1. The highest BCUT2D eigenvalue weighted by atomic mass is 19.1. The van der Waals surface area contributed by atoms with Gasteiger partial charge in [-0.05, 0) is 35.9 Å². The van der Waals surface area contributed by atoms with Gasteiger partial charge in [0.25, 0.3) is 0 Å². The number of rotatable bonds is 6. The second kappa shape index (κ2) is 7.78. The number of pyridine rings is 1. The molecule has 0 aliphatic carbocycles. The van der Waals surface area contributed by atoms with Crippen LogP contribution in [0, 0.1) is 5.82 Å². The third-order valence-corrected chi connectivity index (χ3v) is 4.08. The highest BCUT2D eigenvalue weighted by Crippen LogP contribution is 2.17. The number of hydrogen-bond acceptors (Lipinski definition) is 5. The Morgan fingerprint density at radius 2 is 1.70 bits per heavy atom. The molecule has 0 radical (unpaired) electrons. The third kappa shape index (κ3) is 4.17. The van der Waals surface area contributed by atoms with Crippen molar-refractivity contribution in [1.82, 2.24) is 15.0 Å². The van der Waals surface area contributed by atoms with E-state index in [1.165, 1.54) is 6.07 Å². The summed E-state index contributed by atoms with van der Waals surface area (Å²) in [5.41, 5.74) is 2.99. The Hall–Kier alpha value is -3.54. The summed E-state index contributed by atoms with van der Waals surface area (Å²) in [7, 11) is 0. The van der Waals surface area contributed by atoms with Crippen LogP contribution in [0.25, 0.3) is 11.2 Å². The van der Waals surface area contributed by atoms with Crippen molar-refractivity contribution in [2.75, 3.05) is 5.32 Å². The Bertz CT molecular complexity index is 1050. The van der Waals surface area contributed by atoms with Gasteiger partial charge in [0.05, 0.1) is 0 Å². The van der Waals surface area contributed by atoms with Gasteiger partial charge in [-0.2, -0.15) is 0 Å². The number of nitrogens with one attached hydrogen (secondary N) is 1. The fraction of sp³-hybridized carbons (Fsp3) is 0.0952. The van der Waals surface area contributed by atoms with E-state index in [1.54, 1.807) is 30.6 Å². The molecule has 5 nitrogen and oxygen atoms in total. The maximum absolute atomic E-state index is 13.6. The molecule has 4 rings (SSSR count). The zero-order valence-corrected chi connectivity index (χ0v) is 14.5. The Morgan fingerprint density at radius 1 is 0.889 bits per heavy atom. The first-order valence-corrected chi connectivity index (χ1v) is 8.55. The molecule has 0 saturated heterocycles. The molecule has 1 N–H and O–H groups in total. The van der Waals surface area contributed by atoms with Crippen molar-refractivity contribution >= 4 is 17.0 Å². The third-order valence-electron chi connectivity index (χ3n) is 4.08. The van der Waals surface area contributed by atoms with Crippen LogP contribution in [0.15, 0.2) is 73.1 Å². The molecular formula is C21H17FN4O. The smallest absolute Gasteiger partial charge is 0.180 e. The average molecular weight is 360 g/mol. The number of benzene rings is 2. The summed E-state index contributed by atoms with van der Waals surface area (Å²) < 4.78 is 19.3. The van der Waals surface area contributed by atoms with Crippen molar-refractivity contribution in [3.05, 3.63) is 90.0 Å². The van der Waals surface area contributed by atoms with E-state index in [1.807, 2.05) is 36.4 Å². The van der Waals surface area contributed by atoms with Crippen molar-refractivity contribution in [1.29, 1.82) is 0 Å². The van der Waals surface area contributed by atoms with Crippen molar-refractivity contribution in [3.63, 3.8) is 0 Å². The molecule has 0 aliphatic heterocycles. The van der Waals surface area contributed by atoms with Crippen LogP contribution in [0.1, 0.15) is 11.1 Å². The maximum Gasteiger partial charge on any atom is 0.180 e. The van der Waals surface area contributed by atoms with Gasteiger partial charge in [-0.25, -0.2) is 14.4 Å². The summed E-state index contributed by atoms with van der Waals surface area (Å²) in [6.07, 6.45) is 3.27. The van der Waals surface area contributed by atoms with Crippen LogP contribution in [0.5, 0.6) is 5.75 Å². The zero-order chi connectivity index (χ0) is 18.5. The Morgan fingerprint density at radius 3 is 2.56 bits per heavy atom. The van der Waals surface area contributed by atoms with Gasteiger partial charge in [0.2, 0.25) is 0 Å². The predicted octanol–water partition coefficient (Wildman–Crippen LogP) is 4.36. The lowest BCUT2D eigenvalue weighted by molar-refractivity contribution is 0.300. The molecule has 4 aromatic rings. The maximum atomic E-state index is 13.6. The van der Waals surface area contributed by atoms with Crippen LogP contribution in [0.4, 0.5) is 10.2 Å². The normalized spacial score (nSPS) is 10.7. The van der Waals surface area contributed by atoms with Crippen molar-refractivity contribution in [2.24, 2.45) is 0 Å². The van der Waals surface area contributed by atoms with Crippen molar-refractivity contribution in [3.8, 4) is 5.75 Å². The Labute approximate surface area is 155 Å². The fourth-order valence-electron chi connectivity index (χ4n) is 2.63. The van der Waals surface area contributed by atoms with Gasteiger partial charge in [-0.3, -0.25) is 4.98 Å². The van der Waals surface area contributed by atoms with E-state index in [4.69, 9.17) is 4.74 Å². The number of halogens is 1. The fourth-order valence-corrected chi connectivity index (χ4v) is 2.63. The molecule has 2 aromatic heterocycles. The first-order chi connectivity index (χ1) is 13.3. The summed E-state index contributed by atoms with van der Waals surface area (Å²) in [4.78, 5) is 12.8. The number of nitrogens with zero attached hydrogens (tertiary/aromatic N) is 3. The molecule has 0 amide bonds. The second-order valence-electron chi connectivity index (χ2n) is 5.97. The lowest BCUT2D eigenvalue weighted by Gasteiger charge is -2.09. The summed E-state index contributed by atoms with van der Waals surface area (Å²) in [5.74, 6) is 1.18. The van der Waals surface area contributed by atoms with Gasteiger partial charge in [0, 0.05) is 24.5 Å². The molecule has 0 fully saturated rings. The van der Waals surface area contributed by atoms with Gasteiger partial charge < -0.3 is 10.1 Å². The Kier molecular flexibility index (Phi) is 4.87. The summed E-state index contributed by atoms with van der Waals surface area (Å²) in [6, 6.07) is 18.0. The molecule has 6 heteroatoms. The van der Waals surface area contributed by atoms with Gasteiger partial charge in [0.1, 0.15) is 29.5 Å². The minimum Gasteiger partial charge on any atom is -0.489 e. The average Bonchev–Trinajstić information content (AvgIpc) is 2.72. The van der Waals surface area contributed by atoms with Gasteiger partial charge in [-0.1, -0.05) is 30.3 Å². The highest BCUT2D eigenvalue weighted by molar-refractivity contribution is 5.71. The largest absolute Gasteiger partial charge is 0.489 e. The van der Waals surface area contributed by atoms with Crippen LogP contribution in [0.3, 0.4) is 0 Å². The molecule has 0 saturated carbocycles. The van der Waals surface area contributed by atoms with Gasteiger partial charge in [0.15, 0.2) is 5.65 Å². The van der Waals surface area contributed by atoms with E-state index in [0.717, 1.165) is 16.9 Å². The van der Waals surface area contributed by atoms with E-state index in [9.17, 15) is 4.39 Å².